The number of likely N-dealkylation sites (tertiary alicyclic amines) is 1. The van der Waals surface area contributed by atoms with E-state index in [1.807, 2.05) is 0 Å². The number of nitrogens with zero attached hydrogens (tertiary/aromatic N) is 3. The topological polar surface area (TPSA) is 134 Å². The number of aromatic nitrogens is 2. The number of fused-ring (bicyclic) bond motifs is 1. The van der Waals surface area contributed by atoms with E-state index < -0.39 is 18.0 Å². The van der Waals surface area contributed by atoms with E-state index in [1.54, 1.807) is 30.0 Å². The Hall–Kier alpha value is -3.56. The lowest BCUT2D eigenvalue weighted by Crippen LogP contribution is -2.48. The summed E-state index contributed by atoms with van der Waals surface area (Å²) in [5.41, 5.74) is 7.50. The van der Waals surface area contributed by atoms with Crippen LogP contribution in [0.1, 0.15) is 36.7 Å². The first-order valence-corrected chi connectivity index (χ1v) is 10.6. The molecule has 3 atom stereocenters. The summed E-state index contributed by atoms with van der Waals surface area (Å²) in [5.74, 6) is -0.874. The molecule has 1 unspecified atom stereocenters. The zero-order valence-electron chi connectivity index (χ0n) is 17.7. The minimum Gasteiger partial charge on any atom is -0.384 e. The van der Waals surface area contributed by atoms with E-state index >= 15 is 0 Å². The molecular formula is C22H25FN6O3. The number of pyridine rings is 1. The Kier molecular flexibility index (Phi) is 6.02. The van der Waals surface area contributed by atoms with Crippen molar-refractivity contribution in [1.29, 1.82) is 0 Å². The zero-order chi connectivity index (χ0) is 22.8. The molecule has 1 aliphatic heterocycles. The van der Waals surface area contributed by atoms with Crippen LogP contribution in [-0.4, -0.2) is 51.9 Å². The summed E-state index contributed by atoms with van der Waals surface area (Å²) in [6.45, 7) is 2.41. The van der Waals surface area contributed by atoms with Gasteiger partial charge >= 0.3 is 0 Å². The number of nitrogens with two attached hydrogens (primary N) is 1. The number of aromatic amines is 1. The lowest BCUT2D eigenvalue weighted by atomic mass is 9.90. The molecular weight excluding hydrogens is 415 g/mol. The number of nitrogens with one attached hydrogen (secondary N) is 2. The number of anilines is 1. The maximum atomic E-state index is 13.7. The van der Waals surface area contributed by atoms with Gasteiger partial charge in [0.05, 0.1) is 11.7 Å². The molecule has 0 bridgehead atoms. The fraction of sp³-hybridized carbons (Fsp3) is 0.409. The van der Waals surface area contributed by atoms with E-state index in [4.69, 9.17) is 5.73 Å². The highest BCUT2D eigenvalue weighted by atomic mass is 19.1. The molecule has 2 amide bonds. The second kappa shape index (κ2) is 8.89. The molecule has 4 N–H and O–H groups in total. The number of halogens is 1. The van der Waals surface area contributed by atoms with Gasteiger partial charge in [0.25, 0.3) is 5.91 Å². The third-order valence-corrected chi connectivity index (χ3v) is 5.98. The Labute approximate surface area is 183 Å². The van der Waals surface area contributed by atoms with Crippen LogP contribution in [0.5, 0.6) is 0 Å². The number of amides is 2. The monoisotopic (exact) mass is 440 g/mol. The second-order valence-corrected chi connectivity index (χ2v) is 8.42. The highest BCUT2D eigenvalue weighted by molar-refractivity contribution is 6.00. The van der Waals surface area contributed by atoms with Crippen molar-refractivity contribution in [2.45, 2.75) is 38.3 Å². The molecule has 1 fully saturated rings. The number of carbonyl (C=O) groups excluding carboxylic acids is 2. The number of hydrogen-bond acceptors (Lipinski definition) is 6. The van der Waals surface area contributed by atoms with Crippen LogP contribution in [0.25, 0.3) is 10.9 Å². The van der Waals surface area contributed by atoms with Crippen molar-refractivity contribution in [2.24, 2.45) is 11.1 Å². The molecule has 168 valence electrons. The van der Waals surface area contributed by atoms with Crippen LogP contribution < -0.4 is 11.1 Å². The fourth-order valence-corrected chi connectivity index (χ4v) is 4.19. The molecule has 10 heteroatoms. The number of hydrogen-bond donors (Lipinski definition) is 3. The Morgan fingerprint density at radius 3 is 2.94 bits per heavy atom. The van der Waals surface area contributed by atoms with Gasteiger partial charge in [-0.2, -0.15) is 4.91 Å². The first-order valence-electron chi connectivity index (χ1n) is 10.6. The minimum atomic E-state index is -0.851. The van der Waals surface area contributed by atoms with Gasteiger partial charge in [0, 0.05) is 24.4 Å². The summed E-state index contributed by atoms with van der Waals surface area (Å²) >= 11 is 0. The molecule has 32 heavy (non-hydrogen) atoms. The summed E-state index contributed by atoms with van der Waals surface area (Å²) in [4.78, 5) is 45.6. The molecule has 1 aliphatic carbocycles. The molecule has 0 spiro atoms. The Bertz CT molecular complexity index is 1120. The Morgan fingerprint density at radius 1 is 1.41 bits per heavy atom. The summed E-state index contributed by atoms with van der Waals surface area (Å²) in [6.07, 6.45) is 5.83. The normalized spacial score (nSPS) is 21.8. The van der Waals surface area contributed by atoms with Gasteiger partial charge in [-0.05, 0) is 37.5 Å². The number of nitroso groups, excluding NO2 is 1. The van der Waals surface area contributed by atoms with Crippen molar-refractivity contribution >= 4 is 28.5 Å². The van der Waals surface area contributed by atoms with Gasteiger partial charge in [0.1, 0.15) is 29.4 Å². The molecule has 0 aromatic carbocycles. The third-order valence-electron chi connectivity index (χ3n) is 5.98. The summed E-state index contributed by atoms with van der Waals surface area (Å²) in [7, 11) is 0. The van der Waals surface area contributed by atoms with Crippen LogP contribution in [-0.2, 0) is 4.79 Å². The maximum absolute atomic E-state index is 13.7. The van der Waals surface area contributed by atoms with Gasteiger partial charge in [0.15, 0.2) is 0 Å². The molecule has 2 aromatic heterocycles. The largest absolute Gasteiger partial charge is 0.384 e. The number of allylic oxidation sites excluding steroid dienone is 3. The second-order valence-electron chi connectivity index (χ2n) is 8.42. The predicted molar refractivity (Wildman–Crippen MR) is 118 cm³/mol. The van der Waals surface area contributed by atoms with Gasteiger partial charge < -0.3 is 20.9 Å². The highest BCUT2D eigenvalue weighted by Gasteiger charge is 2.33. The molecule has 1 saturated heterocycles. The minimum absolute atomic E-state index is 0.203. The average Bonchev–Trinajstić information content (AvgIpc) is 3.42. The molecule has 0 radical (unpaired) electrons. The van der Waals surface area contributed by atoms with Gasteiger partial charge in [0.2, 0.25) is 5.91 Å². The quantitative estimate of drug-likeness (QED) is 0.594. The summed E-state index contributed by atoms with van der Waals surface area (Å²) in [5, 5.41) is 6.59. The van der Waals surface area contributed by atoms with E-state index in [-0.39, 0.29) is 36.3 Å². The molecule has 3 heterocycles. The van der Waals surface area contributed by atoms with Crippen LogP contribution in [0.15, 0.2) is 47.1 Å². The van der Waals surface area contributed by atoms with E-state index in [1.165, 1.54) is 12.3 Å². The maximum Gasteiger partial charge on any atom is 0.268 e. The molecule has 9 nitrogen and oxygen atoms in total. The van der Waals surface area contributed by atoms with E-state index in [9.17, 15) is 18.9 Å². The fourth-order valence-electron chi connectivity index (χ4n) is 4.19. The standard InChI is InChI=1S/C22H25FN6O3/c1-12-6-13(2-3-16(12)23)7-18(22(31)29-5-4-15(11-29)28-32)27-21(30)17-8-14-9-20(24)25-10-19(14)26-17/h2-3,8-10,12,15,18,26H,4-7,11H2,1H3,(H2,24,25)(H,27,30)/t12?,15-,18-/m0/s1. The highest BCUT2D eigenvalue weighted by Crippen LogP contribution is 2.29. The van der Waals surface area contributed by atoms with Crippen molar-refractivity contribution in [3.8, 4) is 0 Å². The van der Waals surface area contributed by atoms with Crippen molar-refractivity contribution in [1.82, 2.24) is 20.2 Å². The van der Waals surface area contributed by atoms with Gasteiger partial charge in [-0.1, -0.05) is 23.7 Å². The molecule has 2 aromatic rings. The lowest BCUT2D eigenvalue weighted by Gasteiger charge is -2.26. The average molecular weight is 440 g/mol. The van der Waals surface area contributed by atoms with E-state index in [2.05, 4.69) is 20.5 Å². The van der Waals surface area contributed by atoms with Crippen molar-refractivity contribution in [3.05, 3.63) is 52.5 Å². The number of carbonyl (C=O) groups is 2. The van der Waals surface area contributed by atoms with Crippen LogP contribution in [0.3, 0.4) is 0 Å². The van der Waals surface area contributed by atoms with Gasteiger partial charge in [-0.25, -0.2) is 9.37 Å². The Morgan fingerprint density at radius 2 is 2.22 bits per heavy atom. The van der Waals surface area contributed by atoms with Crippen LogP contribution >= 0.6 is 0 Å². The van der Waals surface area contributed by atoms with Crippen LogP contribution in [0.2, 0.25) is 0 Å². The first kappa shape index (κ1) is 21.7. The van der Waals surface area contributed by atoms with E-state index in [0.717, 1.165) is 11.0 Å². The van der Waals surface area contributed by atoms with Gasteiger partial charge in [-0.3, -0.25) is 9.59 Å². The first-order chi connectivity index (χ1) is 15.3. The predicted octanol–water partition coefficient (Wildman–Crippen LogP) is 2.82. The van der Waals surface area contributed by atoms with Crippen molar-refractivity contribution in [3.63, 3.8) is 0 Å². The lowest BCUT2D eigenvalue weighted by molar-refractivity contribution is -0.132. The number of H-pyrrole nitrogens is 1. The summed E-state index contributed by atoms with van der Waals surface area (Å²) in [6, 6.07) is 2.01. The van der Waals surface area contributed by atoms with Crippen LogP contribution in [0, 0.1) is 10.8 Å². The summed E-state index contributed by atoms with van der Waals surface area (Å²) < 4.78 is 13.7. The van der Waals surface area contributed by atoms with E-state index in [0.29, 0.717) is 30.7 Å². The molecule has 0 saturated carbocycles. The van der Waals surface area contributed by atoms with Gasteiger partial charge in [-0.15, -0.1) is 0 Å². The number of nitrogen functional groups attached to an aromatic ring is 1. The smallest absolute Gasteiger partial charge is 0.268 e. The van der Waals surface area contributed by atoms with Crippen molar-refractivity contribution < 1.29 is 14.0 Å². The SMILES string of the molecule is CC1CC(C[C@H](NC(=O)c2cc3cc(N)ncc3[nH]2)C(=O)N2CC[C@H](N=O)C2)=CC=C1F. The van der Waals surface area contributed by atoms with Crippen LogP contribution in [0.4, 0.5) is 10.2 Å². The Balaban J connectivity index is 1.55. The zero-order valence-corrected chi connectivity index (χ0v) is 17.7. The number of rotatable bonds is 6. The molecule has 4 rings (SSSR count). The third kappa shape index (κ3) is 4.53. The molecule has 2 aliphatic rings. The van der Waals surface area contributed by atoms with Crippen molar-refractivity contribution in [2.75, 3.05) is 18.8 Å².